The maximum absolute atomic E-state index is 3.49. The zero-order chi connectivity index (χ0) is 4.41. The minimum Gasteiger partial charge on any atom is -0.355 e. The average molecular weight is 135 g/mol. The normalized spacial score (nSPS) is 7.57. The Balaban J connectivity index is 0.000000360. The zero-order valence-electron chi connectivity index (χ0n) is 3.70. The average Bonchev–Trinajstić information content (AvgIpc) is 1.86. The third-order valence-electron chi connectivity index (χ3n) is 0.408. The van der Waals surface area contributed by atoms with Crippen LogP contribution in [0.2, 0.25) is 0 Å². The number of rotatable bonds is 0. The second-order valence-corrected chi connectivity index (χ2v) is 0.879. The summed E-state index contributed by atoms with van der Waals surface area (Å²) in [6.45, 7) is 0. The summed E-state index contributed by atoms with van der Waals surface area (Å²) in [6.07, 6.45) is 2.28. The van der Waals surface area contributed by atoms with E-state index in [1.165, 1.54) is 4.80 Å². The first kappa shape index (κ1) is 6.60. The third-order valence-corrected chi connectivity index (χ3v) is 0.408. The molecule has 0 aliphatic carbocycles. The molecule has 1 rings (SSSR count). The Hall–Kier alpha value is -0.398. The molecule has 0 aliphatic heterocycles. The summed E-state index contributed by atoms with van der Waals surface area (Å²) in [6, 6.07) is 0. The predicted molar refractivity (Wildman–Crippen MR) is 17.6 cm³/mol. The maximum atomic E-state index is 3.49. The van der Waals surface area contributed by atoms with E-state index in [1.807, 2.05) is 0 Å². The van der Waals surface area contributed by atoms with Gasteiger partial charge in [-0.15, -0.1) is 0 Å². The van der Waals surface area contributed by atoms with Crippen LogP contribution in [-0.2, 0) is 24.4 Å². The second-order valence-electron chi connectivity index (χ2n) is 0.879. The minimum atomic E-state index is 0. The van der Waals surface area contributed by atoms with Crippen LogP contribution in [0.5, 0.6) is 0 Å². The van der Waals surface area contributed by atoms with E-state index in [9.17, 15) is 0 Å². The first-order valence-electron chi connectivity index (χ1n) is 1.49. The predicted octanol–water partition coefficient (Wildman–Crippen LogP) is -0.992. The van der Waals surface area contributed by atoms with Gasteiger partial charge in [0.05, 0.1) is 0 Å². The molecule has 0 saturated heterocycles. The van der Waals surface area contributed by atoms with Crippen molar-refractivity contribution < 1.29 is 17.4 Å². The van der Waals surface area contributed by atoms with Gasteiger partial charge in [-0.3, -0.25) is 0 Å². The molecule has 0 spiro atoms. The molecule has 1 heterocycles. The fraction of sp³-hybridized carbons (Fsp3) is 0.500. The summed E-state index contributed by atoms with van der Waals surface area (Å²) in [5.41, 5.74) is 0. The molecule has 0 bridgehead atoms. The number of hydrogen-bond donors (Lipinski definition) is 0. The van der Waals surface area contributed by atoms with E-state index in [2.05, 4.69) is 21.7 Å². The van der Waals surface area contributed by atoms with Crippen molar-refractivity contribution in [1.29, 1.82) is 0 Å². The topological polar surface area (TPSA) is 43.6 Å². The van der Waals surface area contributed by atoms with Crippen LogP contribution in [0, 0.1) is 6.33 Å². The number of nitrogens with zero attached hydrogens (tertiary/aromatic N) is 4. The number of hydrogen-bond acceptors (Lipinski definition) is 3. The molecule has 38 valence electrons. The van der Waals surface area contributed by atoms with Gasteiger partial charge in [0.1, 0.15) is 0 Å². The van der Waals surface area contributed by atoms with Crippen LogP contribution >= 0.6 is 0 Å². The van der Waals surface area contributed by atoms with E-state index in [4.69, 9.17) is 0 Å². The first-order valence-corrected chi connectivity index (χ1v) is 1.49. The van der Waals surface area contributed by atoms with E-state index in [0.717, 1.165) is 0 Å². The summed E-state index contributed by atoms with van der Waals surface area (Å²) >= 11 is 0. The van der Waals surface area contributed by atoms with Crippen LogP contribution < -0.4 is 0 Å². The first-order chi connectivity index (χ1) is 2.89. The molecular formula is C2H3CrN4-. The van der Waals surface area contributed by atoms with Gasteiger partial charge in [-0.05, 0) is 0 Å². The van der Waals surface area contributed by atoms with Crippen molar-refractivity contribution >= 4 is 0 Å². The van der Waals surface area contributed by atoms with Gasteiger partial charge in [0, 0.05) is 24.4 Å². The van der Waals surface area contributed by atoms with Crippen LogP contribution in [0.4, 0.5) is 0 Å². The fourth-order valence-electron chi connectivity index (χ4n) is 0.189. The summed E-state index contributed by atoms with van der Waals surface area (Å²) in [7, 11) is 1.68. The summed E-state index contributed by atoms with van der Waals surface area (Å²) < 4.78 is 0. The van der Waals surface area contributed by atoms with Gasteiger partial charge in [-0.25, -0.2) is 11.1 Å². The Morgan fingerprint density at radius 1 is 1.57 bits per heavy atom. The molecule has 0 amide bonds. The molecule has 0 atom stereocenters. The Kier molecular flexibility index (Phi) is 2.57. The Morgan fingerprint density at radius 3 is 2.43 bits per heavy atom. The molecule has 0 aromatic carbocycles. The Labute approximate surface area is 51.7 Å². The zero-order valence-corrected chi connectivity index (χ0v) is 4.97. The van der Waals surface area contributed by atoms with Crippen molar-refractivity contribution in [3.8, 4) is 0 Å². The van der Waals surface area contributed by atoms with E-state index >= 15 is 0 Å². The van der Waals surface area contributed by atoms with Gasteiger partial charge in [-0.1, -0.05) is 5.21 Å². The van der Waals surface area contributed by atoms with E-state index < -0.39 is 0 Å². The summed E-state index contributed by atoms with van der Waals surface area (Å²) in [5, 5.41) is 10.2. The van der Waals surface area contributed by atoms with E-state index in [1.54, 1.807) is 7.05 Å². The van der Waals surface area contributed by atoms with Crippen LogP contribution in [-0.4, -0.2) is 20.2 Å². The van der Waals surface area contributed by atoms with Crippen molar-refractivity contribution in [2.24, 2.45) is 7.05 Å². The molecule has 0 unspecified atom stereocenters. The Bertz CT molecular complexity index is 113. The standard InChI is InChI=1S/C2H3N4.Cr/c1-6-4-2-3-5-6;/h1H3;/q-1;. The SMILES string of the molecule is Cn1n[c-]nn1.[Cr]. The molecule has 0 saturated carbocycles. The summed E-state index contributed by atoms with van der Waals surface area (Å²) in [4.78, 5) is 1.33. The van der Waals surface area contributed by atoms with Gasteiger partial charge in [-0.2, -0.15) is 0 Å². The smallest absolute Gasteiger partial charge is 0.0480 e. The van der Waals surface area contributed by atoms with Crippen LogP contribution in [0.25, 0.3) is 0 Å². The number of tetrazole rings is 1. The van der Waals surface area contributed by atoms with Crippen LogP contribution in [0.1, 0.15) is 0 Å². The molecular weight excluding hydrogens is 132 g/mol. The number of aryl methyl sites for hydroxylation is 1. The van der Waals surface area contributed by atoms with Gasteiger partial charge in [0.2, 0.25) is 0 Å². The quantitative estimate of drug-likeness (QED) is 0.429. The van der Waals surface area contributed by atoms with E-state index in [-0.39, 0.29) is 17.4 Å². The van der Waals surface area contributed by atoms with Crippen molar-refractivity contribution in [3.05, 3.63) is 6.33 Å². The molecule has 0 radical (unpaired) electrons. The fourth-order valence-corrected chi connectivity index (χ4v) is 0.189. The van der Waals surface area contributed by atoms with Crippen LogP contribution in [0.3, 0.4) is 0 Å². The van der Waals surface area contributed by atoms with Crippen molar-refractivity contribution in [2.75, 3.05) is 0 Å². The van der Waals surface area contributed by atoms with Gasteiger partial charge in [0.25, 0.3) is 0 Å². The minimum absolute atomic E-state index is 0. The molecule has 7 heavy (non-hydrogen) atoms. The maximum Gasteiger partial charge on any atom is 0.0480 e. The monoisotopic (exact) mass is 135 g/mol. The van der Waals surface area contributed by atoms with Gasteiger partial charge in [0.15, 0.2) is 0 Å². The van der Waals surface area contributed by atoms with E-state index in [0.29, 0.717) is 0 Å². The molecule has 1 aromatic rings. The Morgan fingerprint density at radius 2 is 2.29 bits per heavy atom. The molecule has 5 heteroatoms. The summed E-state index contributed by atoms with van der Waals surface area (Å²) in [5.74, 6) is 0. The van der Waals surface area contributed by atoms with Crippen molar-refractivity contribution in [1.82, 2.24) is 20.2 Å². The second kappa shape index (κ2) is 2.72. The van der Waals surface area contributed by atoms with Crippen molar-refractivity contribution in [2.45, 2.75) is 0 Å². The largest absolute Gasteiger partial charge is 0.355 e. The molecule has 4 nitrogen and oxygen atoms in total. The molecule has 0 N–H and O–H groups in total. The van der Waals surface area contributed by atoms with Gasteiger partial charge >= 0.3 is 0 Å². The molecule has 0 aliphatic rings. The molecule has 0 fully saturated rings. The van der Waals surface area contributed by atoms with Crippen molar-refractivity contribution in [3.63, 3.8) is 0 Å². The van der Waals surface area contributed by atoms with Crippen LogP contribution in [0.15, 0.2) is 0 Å². The number of aromatic nitrogens is 4. The third kappa shape index (κ3) is 1.67. The molecule has 1 aromatic heterocycles. The van der Waals surface area contributed by atoms with Gasteiger partial charge < -0.3 is 10.2 Å².